The van der Waals surface area contributed by atoms with Crippen LogP contribution in [0, 0.1) is 0 Å². The highest BCUT2D eigenvalue weighted by atomic mass is 32.1. The number of nitrogens with zero attached hydrogens (tertiary/aromatic N) is 3. The maximum absolute atomic E-state index is 11.4. The predicted molar refractivity (Wildman–Crippen MR) is 90.4 cm³/mol. The number of benzene rings is 1. The molecule has 9 nitrogen and oxygen atoms in total. The lowest BCUT2D eigenvalue weighted by Gasteiger charge is -2.06. The minimum Gasteiger partial charge on any atom is -0.477 e. The van der Waals surface area contributed by atoms with E-state index < -0.39 is 5.97 Å². The number of carboxylic acid groups (broad SMARTS) is 1. The van der Waals surface area contributed by atoms with Crippen molar-refractivity contribution in [3.63, 3.8) is 0 Å². The van der Waals surface area contributed by atoms with Gasteiger partial charge in [-0.05, 0) is 24.3 Å². The monoisotopic (exact) mass is 342 g/mol. The molecule has 0 fully saturated rings. The van der Waals surface area contributed by atoms with Crippen LogP contribution in [0.4, 0.5) is 11.5 Å². The van der Waals surface area contributed by atoms with Gasteiger partial charge in [0, 0.05) is 5.69 Å². The van der Waals surface area contributed by atoms with Crippen LogP contribution in [0.1, 0.15) is 10.5 Å². The number of carboxylic acids is 1. The van der Waals surface area contributed by atoms with Gasteiger partial charge in [-0.2, -0.15) is 0 Å². The summed E-state index contributed by atoms with van der Waals surface area (Å²) >= 11 is 1.11. The van der Waals surface area contributed by atoms with Crippen molar-refractivity contribution in [1.82, 2.24) is 19.6 Å². The number of nitrogens with two attached hydrogens (primary N) is 1. The zero-order chi connectivity index (χ0) is 16.8. The Hall–Kier alpha value is -3.40. The lowest BCUT2D eigenvalue weighted by Crippen LogP contribution is -2.16. The van der Waals surface area contributed by atoms with Gasteiger partial charge in [-0.1, -0.05) is 11.3 Å². The first-order valence-corrected chi connectivity index (χ1v) is 7.59. The molecule has 3 heterocycles. The summed E-state index contributed by atoms with van der Waals surface area (Å²) in [4.78, 5) is 33.4. The van der Waals surface area contributed by atoms with E-state index in [2.05, 4.69) is 20.3 Å². The normalized spacial score (nSPS) is 11.2. The van der Waals surface area contributed by atoms with Crippen molar-refractivity contribution in [2.24, 2.45) is 0 Å². The molecule has 0 aliphatic heterocycles. The number of H-pyrrole nitrogens is 1. The minimum absolute atomic E-state index is 0.0899. The van der Waals surface area contributed by atoms with E-state index in [1.54, 1.807) is 12.1 Å². The molecular formula is C14H10N6O3S. The van der Waals surface area contributed by atoms with E-state index in [9.17, 15) is 9.59 Å². The molecule has 0 unspecified atom stereocenters. The first-order chi connectivity index (χ1) is 11.5. The van der Waals surface area contributed by atoms with Crippen LogP contribution >= 0.6 is 11.3 Å². The molecule has 0 saturated heterocycles. The number of hydrogen-bond acceptors (Lipinski definition) is 7. The molecule has 0 spiro atoms. The first-order valence-electron chi connectivity index (χ1n) is 6.77. The summed E-state index contributed by atoms with van der Waals surface area (Å²) in [5, 5.41) is 12.8. The fourth-order valence-electron chi connectivity index (χ4n) is 2.46. The van der Waals surface area contributed by atoms with Crippen molar-refractivity contribution in [1.29, 1.82) is 0 Å². The lowest BCUT2D eigenvalue weighted by atomic mass is 10.3. The molecule has 0 bridgehead atoms. The first kappa shape index (κ1) is 14.2. The van der Waals surface area contributed by atoms with Crippen LogP contribution < -0.4 is 16.0 Å². The van der Waals surface area contributed by atoms with Crippen molar-refractivity contribution in [3.8, 4) is 0 Å². The van der Waals surface area contributed by atoms with Crippen LogP contribution in [-0.4, -0.2) is 30.7 Å². The quantitative estimate of drug-likeness (QED) is 0.414. The summed E-state index contributed by atoms with van der Waals surface area (Å²) in [7, 11) is 0. The Morgan fingerprint density at radius 3 is 2.96 bits per heavy atom. The van der Waals surface area contributed by atoms with E-state index in [0.29, 0.717) is 22.5 Å². The van der Waals surface area contributed by atoms with Gasteiger partial charge in [0.15, 0.2) is 5.65 Å². The Morgan fingerprint density at radius 2 is 2.17 bits per heavy atom. The van der Waals surface area contributed by atoms with E-state index in [4.69, 9.17) is 10.9 Å². The second-order valence-corrected chi connectivity index (χ2v) is 6.03. The third kappa shape index (κ3) is 2.16. The molecule has 10 heteroatoms. The molecule has 0 saturated carbocycles. The summed E-state index contributed by atoms with van der Waals surface area (Å²) in [5.74, 6) is 5.03. The molecule has 0 aliphatic rings. The van der Waals surface area contributed by atoms with Gasteiger partial charge in [-0.25, -0.2) is 19.4 Å². The van der Waals surface area contributed by atoms with Crippen LogP contribution in [0.15, 0.2) is 35.4 Å². The van der Waals surface area contributed by atoms with Crippen molar-refractivity contribution in [2.75, 3.05) is 11.2 Å². The largest absolute Gasteiger partial charge is 0.477 e. The Kier molecular flexibility index (Phi) is 3.00. The van der Waals surface area contributed by atoms with Gasteiger partial charge < -0.3 is 21.2 Å². The fourth-order valence-corrected chi connectivity index (χ4v) is 3.23. The topological polar surface area (TPSA) is 139 Å². The van der Waals surface area contributed by atoms with Gasteiger partial charge in [-0.15, -0.1) is 0 Å². The summed E-state index contributed by atoms with van der Waals surface area (Å²) in [5.41, 5.74) is 1.68. The second kappa shape index (κ2) is 5.06. The third-order valence-electron chi connectivity index (χ3n) is 3.53. The second-order valence-electron chi connectivity index (χ2n) is 5.01. The van der Waals surface area contributed by atoms with Gasteiger partial charge in [-0.3, -0.25) is 4.79 Å². The van der Waals surface area contributed by atoms with Gasteiger partial charge >= 0.3 is 10.8 Å². The smallest absolute Gasteiger partial charge is 0.354 e. The number of aromatic carboxylic acids is 1. The maximum Gasteiger partial charge on any atom is 0.354 e. The number of aromatic amines is 1. The minimum atomic E-state index is -1.15. The number of anilines is 2. The molecule has 0 radical (unpaired) electrons. The number of nitrogen functional groups attached to an aromatic ring is 1. The molecule has 0 aliphatic carbocycles. The van der Waals surface area contributed by atoms with Crippen LogP contribution in [0.25, 0.3) is 21.3 Å². The molecule has 0 atom stereocenters. The van der Waals surface area contributed by atoms with E-state index in [1.807, 2.05) is 6.07 Å². The van der Waals surface area contributed by atoms with Crippen LogP contribution in [0.2, 0.25) is 0 Å². The van der Waals surface area contributed by atoms with Crippen LogP contribution in [0.3, 0.4) is 0 Å². The summed E-state index contributed by atoms with van der Waals surface area (Å²) < 4.78 is 1.81. The van der Waals surface area contributed by atoms with E-state index in [1.165, 1.54) is 12.4 Å². The Balaban J connectivity index is 1.81. The van der Waals surface area contributed by atoms with Crippen LogP contribution in [0.5, 0.6) is 0 Å². The van der Waals surface area contributed by atoms with Crippen LogP contribution in [-0.2, 0) is 0 Å². The average molecular weight is 342 g/mol. The molecule has 0 amide bonds. The standard InChI is InChI=1S/C14H10N6O3S/c15-20-9(13(21)22)4-7-11(16-5-17-12(7)20)18-6-1-2-8-10(3-6)24-14(23)19-8/h1-5H,15H2,(H,19,23)(H,21,22)(H,16,17,18). The van der Waals surface area contributed by atoms with E-state index in [-0.39, 0.29) is 10.6 Å². The lowest BCUT2D eigenvalue weighted by molar-refractivity contribution is 0.0688. The number of rotatable bonds is 3. The van der Waals surface area contributed by atoms with Gasteiger partial charge in [0.25, 0.3) is 0 Å². The molecule has 3 aromatic heterocycles. The summed E-state index contributed by atoms with van der Waals surface area (Å²) in [6, 6.07) is 6.79. The SMILES string of the molecule is Nn1c(C(=O)O)cc2c(Nc3ccc4[nH]c(=O)sc4c3)ncnc21. The summed E-state index contributed by atoms with van der Waals surface area (Å²) in [6.07, 6.45) is 1.30. The average Bonchev–Trinajstić information content (AvgIpc) is 3.07. The van der Waals surface area contributed by atoms with Crippen molar-refractivity contribution in [2.45, 2.75) is 0 Å². The number of carbonyl (C=O) groups is 1. The highest BCUT2D eigenvalue weighted by Gasteiger charge is 2.17. The van der Waals surface area contributed by atoms with Gasteiger partial charge in [0.2, 0.25) is 0 Å². The Labute approximate surface area is 137 Å². The van der Waals surface area contributed by atoms with Gasteiger partial charge in [0.1, 0.15) is 17.8 Å². The van der Waals surface area contributed by atoms with E-state index in [0.717, 1.165) is 26.2 Å². The highest BCUT2D eigenvalue weighted by molar-refractivity contribution is 7.16. The zero-order valence-electron chi connectivity index (χ0n) is 12.0. The van der Waals surface area contributed by atoms with E-state index >= 15 is 0 Å². The van der Waals surface area contributed by atoms with Crippen molar-refractivity contribution < 1.29 is 9.90 Å². The number of thiazole rings is 1. The maximum atomic E-state index is 11.4. The fraction of sp³-hybridized carbons (Fsp3) is 0. The molecule has 5 N–H and O–H groups in total. The van der Waals surface area contributed by atoms with Gasteiger partial charge in [0.05, 0.1) is 15.6 Å². The number of aromatic nitrogens is 4. The Morgan fingerprint density at radius 1 is 1.33 bits per heavy atom. The molecule has 4 rings (SSSR count). The number of fused-ring (bicyclic) bond motifs is 2. The highest BCUT2D eigenvalue weighted by Crippen LogP contribution is 2.27. The third-order valence-corrected chi connectivity index (χ3v) is 4.38. The molecule has 120 valence electrons. The molecule has 1 aromatic carbocycles. The Bertz CT molecular complexity index is 1160. The molecular weight excluding hydrogens is 332 g/mol. The van der Waals surface area contributed by atoms with Crippen molar-refractivity contribution in [3.05, 3.63) is 46.0 Å². The number of nitrogens with one attached hydrogen (secondary N) is 2. The molecule has 4 aromatic rings. The number of hydrogen-bond donors (Lipinski definition) is 4. The summed E-state index contributed by atoms with van der Waals surface area (Å²) in [6.45, 7) is 0. The van der Waals surface area contributed by atoms with Crippen molar-refractivity contribution >= 4 is 50.1 Å². The molecule has 24 heavy (non-hydrogen) atoms. The predicted octanol–water partition coefficient (Wildman–Crippen LogP) is 1.49. The zero-order valence-corrected chi connectivity index (χ0v) is 12.8.